The number of carbonyl (C=O) groups excluding carboxylic acids is 1. The number of amides is 1. The highest BCUT2D eigenvalue weighted by Gasteiger charge is 2.28. The average Bonchev–Trinajstić information content (AvgIpc) is 3.19. The summed E-state index contributed by atoms with van der Waals surface area (Å²) in [6.45, 7) is 3.62. The Hall–Kier alpha value is -2.92. The van der Waals surface area contributed by atoms with E-state index in [0.29, 0.717) is 31.2 Å². The van der Waals surface area contributed by atoms with Gasteiger partial charge in [0, 0.05) is 18.2 Å². The SMILES string of the molecule is Cc1ccc(C2CN(C(=O)c3cc(-c4ccccc4)on3)CCO2)cc1. The van der Waals surface area contributed by atoms with E-state index in [4.69, 9.17) is 9.26 Å². The van der Waals surface area contributed by atoms with Gasteiger partial charge in [0.05, 0.1) is 13.2 Å². The van der Waals surface area contributed by atoms with Gasteiger partial charge in [-0.15, -0.1) is 0 Å². The summed E-state index contributed by atoms with van der Waals surface area (Å²) in [5.41, 5.74) is 3.51. The Labute approximate surface area is 152 Å². The number of hydrogen-bond donors (Lipinski definition) is 0. The van der Waals surface area contributed by atoms with Crippen LogP contribution in [0.2, 0.25) is 0 Å². The molecule has 1 aliphatic rings. The first-order chi connectivity index (χ1) is 12.7. The molecule has 0 radical (unpaired) electrons. The molecule has 2 heterocycles. The van der Waals surface area contributed by atoms with Crippen molar-refractivity contribution in [2.24, 2.45) is 0 Å². The van der Waals surface area contributed by atoms with E-state index in [1.165, 1.54) is 5.56 Å². The maximum Gasteiger partial charge on any atom is 0.276 e. The predicted octanol–water partition coefficient (Wildman–Crippen LogP) is 3.86. The van der Waals surface area contributed by atoms with Gasteiger partial charge < -0.3 is 14.2 Å². The smallest absolute Gasteiger partial charge is 0.276 e. The molecule has 2 aromatic carbocycles. The molecule has 1 fully saturated rings. The zero-order chi connectivity index (χ0) is 17.9. The fourth-order valence-electron chi connectivity index (χ4n) is 3.09. The lowest BCUT2D eigenvalue weighted by atomic mass is 10.1. The third kappa shape index (κ3) is 3.39. The third-order valence-corrected chi connectivity index (χ3v) is 4.59. The molecule has 4 rings (SSSR count). The molecule has 0 aliphatic carbocycles. The lowest BCUT2D eigenvalue weighted by molar-refractivity contribution is -0.0231. The normalized spacial score (nSPS) is 17.3. The third-order valence-electron chi connectivity index (χ3n) is 4.59. The van der Waals surface area contributed by atoms with Crippen molar-refractivity contribution in [2.75, 3.05) is 19.7 Å². The van der Waals surface area contributed by atoms with E-state index in [9.17, 15) is 4.79 Å². The Balaban J connectivity index is 1.49. The van der Waals surface area contributed by atoms with Crippen LogP contribution in [0.25, 0.3) is 11.3 Å². The first-order valence-electron chi connectivity index (χ1n) is 8.70. The van der Waals surface area contributed by atoms with E-state index < -0.39 is 0 Å². The van der Waals surface area contributed by atoms with Crippen LogP contribution in [0.5, 0.6) is 0 Å². The van der Waals surface area contributed by atoms with Crippen molar-refractivity contribution in [1.29, 1.82) is 0 Å². The summed E-state index contributed by atoms with van der Waals surface area (Å²) >= 11 is 0. The number of aryl methyl sites for hydroxylation is 1. The minimum Gasteiger partial charge on any atom is -0.370 e. The van der Waals surface area contributed by atoms with Gasteiger partial charge in [0.15, 0.2) is 11.5 Å². The number of morpholine rings is 1. The Kier molecular flexibility index (Phi) is 4.54. The molecular weight excluding hydrogens is 328 g/mol. The summed E-state index contributed by atoms with van der Waals surface area (Å²) in [6, 6.07) is 19.6. The fourth-order valence-corrected chi connectivity index (χ4v) is 3.09. The predicted molar refractivity (Wildman–Crippen MR) is 97.7 cm³/mol. The van der Waals surface area contributed by atoms with Crippen LogP contribution < -0.4 is 0 Å². The number of rotatable bonds is 3. The first-order valence-corrected chi connectivity index (χ1v) is 8.70. The molecule has 1 unspecified atom stereocenters. The Morgan fingerprint density at radius 2 is 1.88 bits per heavy atom. The number of hydrogen-bond acceptors (Lipinski definition) is 4. The van der Waals surface area contributed by atoms with Gasteiger partial charge in [-0.1, -0.05) is 65.3 Å². The zero-order valence-corrected chi connectivity index (χ0v) is 14.6. The highest BCUT2D eigenvalue weighted by Crippen LogP contribution is 2.25. The second-order valence-corrected chi connectivity index (χ2v) is 6.46. The standard InChI is InChI=1S/C21H20N2O3/c1-15-7-9-17(10-8-15)20-14-23(11-12-25-20)21(24)18-13-19(26-22-18)16-5-3-2-4-6-16/h2-10,13,20H,11-12,14H2,1H3. The van der Waals surface area contributed by atoms with Crippen molar-refractivity contribution in [1.82, 2.24) is 10.1 Å². The van der Waals surface area contributed by atoms with Crippen molar-refractivity contribution in [3.63, 3.8) is 0 Å². The van der Waals surface area contributed by atoms with E-state index in [1.807, 2.05) is 30.3 Å². The van der Waals surface area contributed by atoms with E-state index >= 15 is 0 Å². The number of nitrogens with zero attached hydrogens (tertiary/aromatic N) is 2. The summed E-state index contributed by atoms with van der Waals surface area (Å²) in [7, 11) is 0. The summed E-state index contributed by atoms with van der Waals surface area (Å²) in [6.07, 6.45) is -0.117. The van der Waals surface area contributed by atoms with Gasteiger partial charge in [0.2, 0.25) is 0 Å². The molecular formula is C21H20N2O3. The number of aromatic nitrogens is 1. The van der Waals surface area contributed by atoms with Crippen LogP contribution in [0.4, 0.5) is 0 Å². The minimum absolute atomic E-state index is 0.117. The second kappa shape index (κ2) is 7.14. The highest BCUT2D eigenvalue weighted by molar-refractivity contribution is 5.93. The molecule has 0 saturated carbocycles. The van der Waals surface area contributed by atoms with Crippen LogP contribution in [0.1, 0.15) is 27.7 Å². The van der Waals surface area contributed by atoms with Gasteiger partial charge in [-0.3, -0.25) is 4.79 Å². The molecule has 0 bridgehead atoms. The van der Waals surface area contributed by atoms with Crippen molar-refractivity contribution < 1.29 is 14.1 Å². The molecule has 1 aliphatic heterocycles. The Bertz CT molecular complexity index is 887. The van der Waals surface area contributed by atoms with Crippen LogP contribution >= 0.6 is 0 Å². The molecule has 26 heavy (non-hydrogen) atoms. The number of ether oxygens (including phenoxy) is 1. The second-order valence-electron chi connectivity index (χ2n) is 6.46. The summed E-state index contributed by atoms with van der Waals surface area (Å²) < 4.78 is 11.2. The molecule has 1 aromatic heterocycles. The van der Waals surface area contributed by atoms with E-state index in [0.717, 1.165) is 11.1 Å². The van der Waals surface area contributed by atoms with Crippen LogP contribution in [-0.2, 0) is 4.74 Å². The van der Waals surface area contributed by atoms with Crippen molar-refractivity contribution in [3.8, 4) is 11.3 Å². The van der Waals surface area contributed by atoms with E-state index in [1.54, 1.807) is 11.0 Å². The first kappa shape index (κ1) is 16.5. The molecule has 1 amide bonds. The minimum atomic E-state index is -0.128. The maximum atomic E-state index is 12.8. The molecule has 5 heteroatoms. The van der Waals surface area contributed by atoms with Crippen LogP contribution in [-0.4, -0.2) is 35.7 Å². The van der Waals surface area contributed by atoms with Crippen molar-refractivity contribution in [2.45, 2.75) is 13.0 Å². The molecule has 3 aromatic rings. The van der Waals surface area contributed by atoms with Crippen LogP contribution in [0.15, 0.2) is 65.2 Å². The highest BCUT2D eigenvalue weighted by atomic mass is 16.5. The van der Waals surface area contributed by atoms with Crippen LogP contribution in [0.3, 0.4) is 0 Å². The largest absolute Gasteiger partial charge is 0.370 e. The number of carbonyl (C=O) groups is 1. The van der Waals surface area contributed by atoms with Gasteiger partial charge in [-0.05, 0) is 12.5 Å². The number of benzene rings is 2. The average molecular weight is 348 g/mol. The summed E-state index contributed by atoms with van der Waals surface area (Å²) in [4.78, 5) is 14.6. The van der Waals surface area contributed by atoms with Crippen molar-refractivity contribution >= 4 is 5.91 Å². The van der Waals surface area contributed by atoms with E-state index in [2.05, 4.69) is 36.3 Å². The van der Waals surface area contributed by atoms with Gasteiger partial charge in [-0.25, -0.2) is 0 Å². The zero-order valence-electron chi connectivity index (χ0n) is 14.6. The molecule has 0 spiro atoms. The lowest BCUT2D eigenvalue weighted by Gasteiger charge is -2.32. The Morgan fingerprint density at radius 1 is 1.12 bits per heavy atom. The maximum absolute atomic E-state index is 12.8. The van der Waals surface area contributed by atoms with Gasteiger partial charge >= 0.3 is 0 Å². The van der Waals surface area contributed by atoms with Crippen LogP contribution in [0, 0.1) is 6.92 Å². The molecule has 0 N–H and O–H groups in total. The van der Waals surface area contributed by atoms with Gasteiger partial charge in [0.25, 0.3) is 5.91 Å². The monoisotopic (exact) mass is 348 g/mol. The molecule has 5 nitrogen and oxygen atoms in total. The summed E-state index contributed by atoms with van der Waals surface area (Å²) in [5.74, 6) is 0.466. The van der Waals surface area contributed by atoms with Gasteiger partial charge in [0.1, 0.15) is 6.10 Å². The molecule has 132 valence electrons. The lowest BCUT2D eigenvalue weighted by Crippen LogP contribution is -2.42. The molecule has 1 saturated heterocycles. The fraction of sp³-hybridized carbons (Fsp3) is 0.238. The quantitative estimate of drug-likeness (QED) is 0.721. The topological polar surface area (TPSA) is 55.6 Å². The van der Waals surface area contributed by atoms with E-state index in [-0.39, 0.29) is 12.0 Å². The summed E-state index contributed by atoms with van der Waals surface area (Å²) in [5, 5.41) is 3.97. The molecule has 1 atom stereocenters. The Morgan fingerprint density at radius 3 is 2.65 bits per heavy atom. The van der Waals surface area contributed by atoms with Gasteiger partial charge in [-0.2, -0.15) is 0 Å². The van der Waals surface area contributed by atoms with Crippen molar-refractivity contribution in [3.05, 3.63) is 77.5 Å².